The maximum Gasteiger partial charge on any atom is 0.228 e. The Hall–Kier alpha value is -0.870. The molecular weight excluding hydrogens is 244 g/mol. The van der Waals surface area contributed by atoms with E-state index in [-0.39, 0.29) is 0 Å². The molecule has 1 aromatic heterocycles. The van der Waals surface area contributed by atoms with E-state index in [0.717, 1.165) is 19.5 Å². The zero-order valence-electron chi connectivity index (χ0n) is 10.8. The molecule has 2 fully saturated rings. The SMILES string of the molecule is Cc1ccc(CC(=O)N2C3CCNCC2CC3)s1. The number of fused-ring (bicyclic) bond motifs is 2. The van der Waals surface area contributed by atoms with Gasteiger partial charge in [0.15, 0.2) is 0 Å². The van der Waals surface area contributed by atoms with E-state index in [9.17, 15) is 4.79 Å². The normalized spacial score (nSPS) is 27.3. The number of hydrogen-bond donors (Lipinski definition) is 1. The highest BCUT2D eigenvalue weighted by Crippen LogP contribution is 2.29. The Morgan fingerprint density at radius 1 is 1.39 bits per heavy atom. The summed E-state index contributed by atoms with van der Waals surface area (Å²) in [6.45, 7) is 4.13. The summed E-state index contributed by atoms with van der Waals surface area (Å²) in [5.41, 5.74) is 0. The van der Waals surface area contributed by atoms with Gasteiger partial charge >= 0.3 is 0 Å². The van der Waals surface area contributed by atoms with Crippen LogP contribution in [0.4, 0.5) is 0 Å². The quantitative estimate of drug-likeness (QED) is 0.885. The van der Waals surface area contributed by atoms with Crippen LogP contribution in [-0.4, -0.2) is 36.0 Å². The average molecular weight is 264 g/mol. The van der Waals surface area contributed by atoms with Crippen molar-refractivity contribution in [3.8, 4) is 0 Å². The number of nitrogens with zero attached hydrogens (tertiary/aromatic N) is 1. The summed E-state index contributed by atoms with van der Waals surface area (Å²) in [4.78, 5) is 17.2. The fourth-order valence-corrected chi connectivity index (χ4v) is 4.09. The number of amides is 1. The maximum absolute atomic E-state index is 12.5. The highest BCUT2D eigenvalue weighted by Gasteiger charge is 2.37. The molecule has 0 aliphatic carbocycles. The van der Waals surface area contributed by atoms with Crippen molar-refractivity contribution < 1.29 is 4.79 Å². The number of carbonyl (C=O) groups is 1. The van der Waals surface area contributed by atoms with Crippen molar-refractivity contribution in [3.63, 3.8) is 0 Å². The molecule has 3 heterocycles. The minimum atomic E-state index is 0.327. The lowest BCUT2D eigenvalue weighted by Crippen LogP contribution is -2.43. The van der Waals surface area contributed by atoms with Crippen LogP contribution in [0.3, 0.4) is 0 Å². The van der Waals surface area contributed by atoms with Crippen molar-refractivity contribution in [1.29, 1.82) is 0 Å². The van der Waals surface area contributed by atoms with Gasteiger partial charge in [-0.1, -0.05) is 0 Å². The summed E-state index contributed by atoms with van der Waals surface area (Å²) in [5, 5.41) is 3.44. The smallest absolute Gasteiger partial charge is 0.228 e. The van der Waals surface area contributed by atoms with Gasteiger partial charge in [0.05, 0.1) is 6.42 Å². The van der Waals surface area contributed by atoms with E-state index in [4.69, 9.17) is 0 Å². The topological polar surface area (TPSA) is 32.3 Å². The van der Waals surface area contributed by atoms with Crippen LogP contribution in [-0.2, 0) is 11.2 Å². The zero-order valence-corrected chi connectivity index (χ0v) is 11.6. The van der Waals surface area contributed by atoms with Crippen LogP contribution < -0.4 is 5.32 Å². The molecule has 1 N–H and O–H groups in total. The van der Waals surface area contributed by atoms with Crippen molar-refractivity contribution in [2.75, 3.05) is 13.1 Å². The Bertz CT molecular complexity index is 429. The predicted octanol–water partition coefficient (Wildman–Crippen LogP) is 1.95. The maximum atomic E-state index is 12.5. The summed E-state index contributed by atoms with van der Waals surface area (Å²) in [6, 6.07) is 5.12. The Morgan fingerprint density at radius 3 is 3.00 bits per heavy atom. The Labute approximate surface area is 112 Å². The Kier molecular flexibility index (Phi) is 3.39. The molecule has 2 unspecified atom stereocenters. The van der Waals surface area contributed by atoms with E-state index < -0.39 is 0 Å². The number of aryl methyl sites for hydroxylation is 1. The second kappa shape index (κ2) is 5.02. The molecule has 2 aliphatic rings. The van der Waals surface area contributed by atoms with Crippen molar-refractivity contribution in [2.24, 2.45) is 0 Å². The summed E-state index contributed by atoms with van der Waals surface area (Å²) in [7, 11) is 0. The van der Waals surface area contributed by atoms with Crippen LogP contribution in [0, 0.1) is 6.92 Å². The van der Waals surface area contributed by atoms with Crippen LogP contribution in [0.5, 0.6) is 0 Å². The number of nitrogens with one attached hydrogen (secondary N) is 1. The first-order chi connectivity index (χ1) is 8.74. The van der Waals surface area contributed by atoms with E-state index in [1.165, 1.54) is 22.6 Å². The molecule has 1 aromatic rings. The highest BCUT2D eigenvalue weighted by molar-refractivity contribution is 7.12. The van der Waals surface area contributed by atoms with Gasteiger partial charge in [-0.15, -0.1) is 11.3 Å². The molecule has 2 aliphatic heterocycles. The lowest BCUT2D eigenvalue weighted by Gasteiger charge is -2.27. The van der Waals surface area contributed by atoms with Gasteiger partial charge in [0.1, 0.15) is 0 Å². The van der Waals surface area contributed by atoms with Gasteiger partial charge in [0, 0.05) is 28.4 Å². The first kappa shape index (κ1) is 12.2. The summed E-state index contributed by atoms with van der Waals surface area (Å²) in [6.07, 6.45) is 4.08. The van der Waals surface area contributed by atoms with Gasteiger partial charge in [-0.3, -0.25) is 4.79 Å². The van der Waals surface area contributed by atoms with E-state index in [2.05, 4.69) is 29.3 Å². The third-order valence-corrected chi connectivity index (χ3v) is 5.06. The zero-order chi connectivity index (χ0) is 12.5. The molecule has 18 heavy (non-hydrogen) atoms. The molecule has 3 nitrogen and oxygen atoms in total. The molecule has 1 amide bonds. The van der Waals surface area contributed by atoms with E-state index >= 15 is 0 Å². The molecular formula is C14H20N2OS. The van der Waals surface area contributed by atoms with Gasteiger partial charge in [-0.2, -0.15) is 0 Å². The van der Waals surface area contributed by atoms with Crippen LogP contribution in [0.2, 0.25) is 0 Å². The minimum absolute atomic E-state index is 0.327. The fraction of sp³-hybridized carbons (Fsp3) is 0.643. The molecule has 0 saturated carbocycles. The predicted molar refractivity (Wildman–Crippen MR) is 73.9 cm³/mol. The summed E-state index contributed by atoms with van der Waals surface area (Å²) < 4.78 is 0. The van der Waals surface area contributed by atoms with Crippen molar-refractivity contribution in [2.45, 2.75) is 44.7 Å². The second-order valence-corrected chi connectivity index (χ2v) is 6.74. The van der Waals surface area contributed by atoms with Gasteiger partial charge in [-0.05, 0) is 44.9 Å². The van der Waals surface area contributed by atoms with Gasteiger partial charge in [-0.25, -0.2) is 0 Å². The first-order valence-electron chi connectivity index (χ1n) is 6.81. The molecule has 0 spiro atoms. The Balaban J connectivity index is 1.71. The monoisotopic (exact) mass is 264 g/mol. The van der Waals surface area contributed by atoms with Crippen molar-refractivity contribution in [1.82, 2.24) is 10.2 Å². The molecule has 2 atom stereocenters. The van der Waals surface area contributed by atoms with Gasteiger partial charge in [0.25, 0.3) is 0 Å². The number of rotatable bonds is 2. The van der Waals surface area contributed by atoms with Crippen LogP contribution in [0.1, 0.15) is 29.0 Å². The third-order valence-electron chi connectivity index (χ3n) is 4.06. The Morgan fingerprint density at radius 2 is 2.22 bits per heavy atom. The summed E-state index contributed by atoms with van der Waals surface area (Å²) >= 11 is 1.75. The van der Waals surface area contributed by atoms with Gasteiger partial charge in [0.2, 0.25) is 5.91 Å². The van der Waals surface area contributed by atoms with Gasteiger partial charge < -0.3 is 10.2 Å². The molecule has 98 valence electrons. The average Bonchev–Trinajstić information content (AvgIpc) is 2.81. The highest BCUT2D eigenvalue weighted by atomic mass is 32.1. The second-order valence-electron chi connectivity index (χ2n) is 5.37. The van der Waals surface area contributed by atoms with Crippen molar-refractivity contribution >= 4 is 17.2 Å². The summed E-state index contributed by atoms with van der Waals surface area (Å²) in [5.74, 6) is 0.327. The molecule has 4 heteroatoms. The molecule has 3 rings (SSSR count). The number of thiophene rings is 1. The van der Waals surface area contributed by atoms with Crippen LogP contribution in [0.25, 0.3) is 0 Å². The van der Waals surface area contributed by atoms with Crippen LogP contribution in [0.15, 0.2) is 12.1 Å². The molecule has 2 saturated heterocycles. The molecule has 2 bridgehead atoms. The third kappa shape index (κ3) is 2.31. The van der Waals surface area contributed by atoms with Crippen molar-refractivity contribution in [3.05, 3.63) is 21.9 Å². The van der Waals surface area contributed by atoms with E-state index in [1.54, 1.807) is 11.3 Å². The lowest BCUT2D eigenvalue weighted by atomic mass is 10.1. The fourth-order valence-electron chi connectivity index (χ4n) is 3.21. The molecule has 0 radical (unpaired) electrons. The largest absolute Gasteiger partial charge is 0.335 e. The lowest BCUT2D eigenvalue weighted by molar-refractivity contribution is -0.132. The van der Waals surface area contributed by atoms with E-state index in [1.807, 2.05) is 0 Å². The standard InChI is InChI=1S/C14H20N2OS/c1-10-2-5-13(18-10)8-14(17)16-11-3-4-12(16)9-15-7-6-11/h2,5,11-12,15H,3-4,6-9H2,1H3. The van der Waals surface area contributed by atoms with E-state index in [0.29, 0.717) is 24.4 Å². The first-order valence-corrected chi connectivity index (χ1v) is 7.63. The van der Waals surface area contributed by atoms with Crippen LogP contribution >= 0.6 is 11.3 Å². The number of hydrogen-bond acceptors (Lipinski definition) is 3. The molecule has 0 aromatic carbocycles. The number of carbonyl (C=O) groups excluding carboxylic acids is 1. The minimum Gasteiger partial charge on any atom is -0.335 e.